The van der Waals surface area contributed by atoms with Crippen LogP contribution in [0.4, 0.5) is 4.39 Å². The van der Waals surface area contributed by atoms with Crippen LogP contribution in [0.15, 0.2) is 36.4 Å². The fourth-order valence-corrected chi connectivity index (χ4v) is 3.19. The van der Waals surface area contributed by atoms with Crippen molar-refractivity contribution in [3.05, 3.63) is 67.0 Å². The SMILES string of the molecule is CNC(Cc1ccc(F)cc1Cl)c1cc(Cl)ccc1I. The van der Waals surface area contributed by atoms with E-state index >= 15 is 0 Å². The Balaban J connectivity index is 2.31. The summed E-state index contributed by atoms with van der Waals surface area (Å²) in [4.78, 5) is 0. The molecule has 0 aromatic heterocycles. The number of nitrogens with one attached hydrogen (secondary N) is 1. The number of hydrogen-bond donors (Lipinski definition) is 1. The Morgan fingerprint density at radius 2 is 1.95 bits per heavy atom. The average molecular weight is 424 g/mol. The van der Waals surface area contributed by atoms with Gasteiger partial charge in [0.2, 0.25) is 0 Å². The Kier molecular flexibility index (Phi) is 5.66. The molecule has 2 aromatic rings. The van der Waals surface area contributed by atoms with Crippen molar-refractivity contribution < 1.29 is 4.39 Å². The third-order valence-corrected chi connectivity index (χ3v) is 4.69. The van der Waals surface area contributed by atoms with Gasteiger partial charge in [0, 0.05) is 19.7 Å². The molecule has 0 spiro atoms. The molecule has 0 saturated heterocycles. The third-order valence-electron chi connectivity index (χ3n) is 3.12. The van der Waals surface area contributed by atoms with Gasteiger partial charge in [-0.1, -0.05) is 29.3 Å². The normalized spacial score (nSPS) is 12.4. The molecule has 0 heterocycles. The molecule has 0 amide bonds. The molecule has 0 bridgehead atoms. The molecular formula is C15H13Cl2FIN. The molecule has 1 atom stereocenters. The zero-order valence-corrected chi connectivity index (χ0v) is 14.4. The van der Waals surface area contributed by atoms with Gasteiger partial charge in [0.15, 0.2) is 0 Å². The van der Waals surface area contributed by atoms with Gasteiger partial charge < -0.3 is 5.32 Å². The number of halogens is 4. The van der Waals surface area contributed by atoms with E-state index in [9.17, 15) is 4.39 Å². The van der Waals surface area contributed by atoms with Crippen LogP contribution in [-0.2, 0) is 6.42 Å². The standard InChI is InChI=1S/C15H13Cl2FIN/c1-20-15(12-7-10(16)3-5-14(12)19)6-9-2-4-11(18)8-13(9)17/h2-5,7-8,15,20H,6H2,1H3. The highest BCUT2D eigenvalue weighted by molar-refractivity contribution is 14.1. The van der Waals surface area contributed by atoms with Crippen LogP contribution in [0.5, 0.6) is 0 Å². The number of rotatable bonds is 4. The van der Waals surface area contributed by atoms with Crippen molar-refractivity contribution in [3.8, 4) is 0 Å². The molecule has 106 valence electrons. The van der Waals surface area contributed by atoms with Gasteiger partial charge in [0.05, 0.1) is 0 Å². The van der Waals surface area contributed by atoms with Gasteiger partial charge in [-0.2, -0.15) is 0 Å². The van der Waals surface area contributed by atoms with Crippen LogP contribution in [-0.4, -0.2) is 7.05 Å². The molecule has 0 aliphatic rings. The van der Waals surface area contributed by atoms with E-state index in [-0.39, 0.29) is 11.9 Å². The largest absolute Gasteiger partial charge is 0.313 e. The number of likely N-dealkylation sites (N-methyl/N-ethyl adjacent to an activating group) is 1. The van der Waals surface area contributed by atoms with Gasteiger partial charge in [-0.25, -0.2) is 4.39 Å². The number of benzene rings is 2. The third kappa shape index (κ3) is 3.85. The molecular weight excluding hydrogens is 411 g/mol. The molecule has 0 aliphatic heterocycles. The molecule has 20 heavy (non-hydrogen) atoms. The van der Waals surface area contributed by atoms with Crippen molar-refractivity contribution in [1.82, 2.24) is 5.32 Å². The van der Waals surface area contributed by atoms with Crippen LogP contribution in [0.25, 0.3) is 0 Å². The lowest BCUT2D eigenvalue weighted by Gasteiger charge is -2.19. The summed E-state index contributed by atoms with van der Waals surface area (Å²) in [7, 11) is 1.89. The summed E-state index contributed by atoms with van der Waals surface area (Å²) >= 11 is 14.4. The maximum absolute atomic E-state index is 13.1. The summed E-state index contributed by atoms with van der Waals surface area (Å²) in [5, 5.41) is 4.41. The Bertz CT molecular complexity index is 619. The molecule has 1 N–H and O–H groups in total. The summed E-state index contributed by atoms with van der Waals surface area (Å²) < 4.78 is 14.2. The minimum absolute atomic E-state index is 0.0727. The maximum Gasteiger partial charge on any atom is 0.124 e. The first kappa shape index (κ1) is 16.0. The monoisotopic (exact) mass is 423 g/mol. The average Bonchev–Trinajstić information content (AvgIpc) is 2.41. The molecule has 1 unspecified atom stereocenters. The van der Waals surface area contributed by atoms with Crippen molar-refractivity contribution in [3.63, 3.8) is 0 Å². The van der Waals surface area contributed by atoms with E-state index < -0.39 is 0 Å². The minimum Gasteiger partial charge on any atom is -0.313 e. The highest BCUT2D eigenvalue weighted by Crippen LogP contribution is 2.28. The van der Waals surface area contributed by atoms with Crippen LogP contribution >= 0.6 is 45.8 Å². The van der Waals surface area contributed by atoms with Gasteiger partial charge in [-0.15, -0.1) is 0 Å². The molecule has 0 aliphatic carbocycles. The molecule has 0 radical (unpaired) electrons. The van der Waals surface area contributed by atoms with Gasteiger partial charge in [-0.3, -0.25) is 0 Å². The van der Waals surface area contributed by atoms with Gasteiger partial charge in [0.25, 0.3) is 0 Å². The Morgan fingerprint density at radius 3 is 2.60 bits per heavy atom. The van der Waals surface area contributed by atoms with E-state index in [2.05, 4.69) is 27.9 Å². The molecule has 0 fully saturated rings. The van der Waals surface area contributed by atoms with E-state index in [1.807, 2.05) is 25.2 Å². The van der Waals surface area contributed by atoms with E-state index in [0.29, 0.717) is 16.5 Å². The fraction of sp³-hybridized carbons (Fsp3) is 0.200. The zero-order valence-electron chi connectivity index (χ0n) is 10.8. The van der Waals surface area contributed by atoms with Crippen LogP contribution < -0.4 is 5.32 Å². The first-order valence-electron chi connectivity index (χ1n) is 6.07. The van der Waals surface area contributed by atoms with Crippen LogP contribution in [0.3, 0.4) is 0 Å². The fourth-order valence-electron chi connectivity index (χ4n) is 2.06. The molecule has 2 aromatic carbocycles. The van der Waals surface area contributed by atoms with Crippen molar-refractivity contribution >= 4 is 45.8 Å². The van der Waals surface area contributed by atoms with E-state index in [4.69, 9.17) is 23.2 Å². The van der Waals surface area contributed by atoms with Crippen molar-refractivity contribution in [2.45, 2.75) is 12.5 Å². The highest BCUT2D eigenvalue weighted by Gasteiger charge is 2.15. The lowest BCUT2D eigenvalue weighted by Crippen LogP contribution is -2.20. The van der Waals surface area contributed by atoms with Crippen molar-refractivity contribution in [1.29, 1.82) is 0 Å². The van der Waals surface area contributed by atoms with E-state index in [0.717, 1.165) is 14.7 Å². The van der Waals surface area contributed by atoms with Crippen molar-refractivity contribution in [2.75, 3.05) is 7.05 Å². The van der Waals surface area contributed by atoms with Crippen LogP contribution in [0, 0.1) is 9.39 Å². The summed E-state index contributed by atoms with van der Waals surface area (Å²) in [6, 6.07) is 10.4. The minimum atomic E-state index is -0.322. The maximum atomic E-state index is 13.1. The number of hydrogen-bond acceptors (Lipinski definition) is 1. The topological polar surface area (TPSA) is 12.0 Å². The van der Waals surface area contributed by atoms with E-state index in [1.54, 1.807) is 6.07 Å². The second-order valence-corrected chi connectivity index (χ2v) is 6.45. The van der Waals surface area contributed by atoms with Gasteiger partial charge >= 0.3 is 0 Å². The molecule has 5 heteroatoms. The Morgan fingerprint density at radius 1 is 1.20 bits per heavy atom. The van der Waals surface area contributed by atoms with Gasteiger partial charge in [0.1, 0.15) is 5.82 Å². The Labute approximate surface area is 141 Å². The first-order valence-corrected chi connectivity index (χ1v) is 7.91. The summed E-state index contributed by atoms with van der Waals surface area (Å²) in [6.07, 6.45) is 0.673. The quantitative estimate of drug-likeness (QED) is 0.663. The summed E-state index contributed by atoms with van der Waals surface area (Å²) in [5.74, 6) is -0.322. The van der Waals surface area contributed by atoms with E-state index in [1.165, 1.54) is 12.1 Å². The second-order valence-electron chi connectivity index (χ2n) is 4.45. The highest BCUT2D eigenvalue weighted by atomic mass is 127. The summed E-state index contributed by atoms with van der Waals surface area (Å²) in [6.45, 7) is 0. The predicted molar refractivity (Wildman–Crippen MR) is 91.1 cm³/mol. The first-order chi connectivity index (χ1) is 9.51. The van der Waals surface area contributed by atoms with Crippen LogP contribution in [0.1, 0.15) is 17.2 Å². The van der Waals surface area contributed by atoms with Crippen LogP contribution in [0.2, 0.25) is 10.0 Å². The van der Waals surface area contributed by atoms with Crippen molar-refractivity contribution in [2.24, 2.45) is 0 Å². The lowest BCUT2D eigenvalue weighted by molar-refractivity contribution is 0.586. The molecule has 2 rings (SSSR count). The second kappa shape index (κ2) is 7.07. The van der Waals surface area contributed by atoms with Gasteiger partial charge in [-0.05, 0) is 77.5 Å². The predicted octanol–water partition coefficient (Wildman–Crippen LogP) is 5.24. The molecule has 1 nitrogen and oxygen atoms in total. The zero-order chi connectivity index (χ0) is 14.7. The molecule has 0 saturated carbocycles. The summed E-state index contributed by atoms with van der Waals surface area (Å²) in [5.41, 5.74) is 2.02. The lowest BCUT2D eigenvalue weighted by atomic mass is 9.99. The Hall–Kier alpha value is -0.360. The smallest absolute Gasteiger partial charge is 0.124 e.